The van der Waals surface area contributed by atoms with Crippen LogP contribution in [0.15, 0.2) is 12.3 Å². The van der Waals surface area contributed by atoms with Crippen molar-refractivity contribution in [2.24, 2.45) is 0 Å². The summed E-state index contributed by atoms with van der Waals surface area (Å²) >= 11 is 0. The molecule has 1 aromatic rings. The number of anilines is 2. The van der Waals surface area contributed by atoms with E-state index in [4.69, 9.17) is 5.73 Å². The Labute approximate surface area is 102 Å². The van der Waals surface area contributed by atoms with Crippen molar-refractivity contribution < 1.29 is 34.8 Å². The van der Waals surface area contributed by atoms with Gasteiger partial charge in [-0.25, -0.2) is 4.98 Å². The highest BCUT2D eigenvalue weighted by molar-refractivity contribution is 7.93. The van der Waals surface area contributed by atoms with Gasteiger partial charge in [-0.05, 0) is 6.07 Å². The van der Waals surface area contributed by atoms with Crippen LogP contribution >= 0.6 is 0 Å². The second-order valence-electron chi connectivity index (χ2n) is 3.21. The van der Waals surface area contributed by atoms with Crippen LogP contribution in [0.1, 0.15) is 5.56 Å². The summed E-state index contributed by atoms with van der Waals surface area (Å²) < 4.78 is 95.1. The van der Waals surface area contributed by atoms with E-state index in [0.29, 0.717) is 0 Å². The molecule has 108 valence electrons. The number of hydrogen-bond acceptors (Lipinski definition) is 4. The number of nitrogens with two attached hydrogens (primary N) is 1. The highest BCUT2D eigenvalue weighted by Crippen LogP contribution is 2.32. The van der Waals surface area contributed by atoms with E-state index in [1.54, 1.807) is 0 Å². The normalized spacial score (nSPS) is 13.4. The molecule has 3 N–H and O–H groups in total. The number of hydrogen-bond donors (Lipinski definition) is 2. The summed E-state index contributed by atoms with van der Waals surface area (Å²) in [5.74, 6) is -1.04. The molecule has 0 saturated carbocycles. The Bertz CT molecular complexity index is 579. The van der Waals surface area contributed by atoms with Crippen LogP contribution in [0, 0.1) is 0 Å². The second-order valence-corrected chi connectivity index (χ2v) is 4.88. The Morgan fingerprint density at radius 2 is 1.68 bits per heavy atom. The molecule has 0 aromatic carbocycles. The number of alkyl halides is 6. The molecule has 0 spiro atoms. The van der Waals surface area contributed by atoms with Gasteiger partial charge in [-0.1, -0.05) is 0 Å². The summed E-state index contributed by atoms with van der Waals surface area (Å²) in [5, 5.41) is 0. The number of sulfonamides is 1. The Kier molecular flexibility index (Phi) is 3.58. The number of rotatable bonds is 2. The smallest absolute Gasteiger partial charge is 0.396 e. The maximum absolute atomic E-state index is 12.2. The minimum absolute atomic E-state index is 0.157. The first-order valence-electron chi connectivity index (χ1n) is 4.26. The standard InChI is InChI=1S/C7H5F6N3O2S/c8-6(9,10)3-1-4(14)5(15-2-3)16-19(17,18)7(11,12)13/h1-2H,14H2,(H,15,16). The van der Waals surface area contributed by atoms with E-state index in [-0.39, 0.29) is 12.3 Å². The highest BCUT2D eigenvalue weighted by atomic mass is 32.2. The van der Waals surface area contributed by atoms with Crippen LogP contribution in [-0.4, -0.2) is 18.9 Å². The van der Waals surface area contributed by atoms with Gasteiger partial charge in [0.05, 0.1) is 11.3 Å². The summed E-state index contributed by atoms with van der Waals surface area (Å²) in [5.41, 5.74) is -2.83. The van der Waals surface area contributed by atoms with Crippen molar-refractivity contribution in [1.82, 2.24) is 4.98 Å². The third-order valence-corrected chi connectivity index (χ3v) is 2.85. The molecule has 5 nitrogen and oxygen atoms in total. The zero-order valence-electron chi connectivity index (χ0n) is 8.67. The third-order valence-electron chi connectivity index (χ3n) is 1.78. The fourth-order valence-electron chi connectivity index (χ4n) is 0.907. The van der Waals surface area contributed by atoms with Gasteiger partial charge < -0.3 is 5.73 Å². The maximum Gasteiger partial charge on any atom is 0.516 e. The van der Waals surface area contributed by atoms with Gasteiger partial charge in [-0.15, -0.1) is 0 Å². The molecule has 0 bridgehead atoms. The van der Waals surface area contributed by atoms with Crippen LogP contribution in [0.4, 0.5) is 37.8 Å². The molecule has 0 fully saturated rings. The molecular formula is C7H5F6N3O2S. The highest BCUT2D eigenvalue weighted by Gasteiger charge is 2.46. The zero-order chi connectivity index (χ0) is 15.1. The molecule has 0 aliphatic heterocycles. The predicted octanol–water partition coefficient (Wildman–Crippen LogP) is 1.94. The molecule has 0 aliphatic carbocycles. The molecule has 0 unspecified atom stereocenters. The number of pyridine rings is 1. The van der Waals surface area contributed by atoms with E-state index >= 15 is 0 Å². The summed E-state index contributed by atoms with van der Waals surface area (Å²) in [6.45, 7) is 0. The summed E-state index contributed by atoms with van der Waals surface area (Å²) in [7, 11) is -5.80. The molecule has 0 saturated heterocycles. The van der Waals surface area contributed by atoms with Gasteiger partial charge in [-0.2, -0.15) is 34.8 Å². The fourth-order valence-corrected chi connectivity index (χ4v) is 1.45. The van der Waals surface area contributed by atoms with Gasteiger partial charge in [0.1, 0.15) is 0 Å². The minimum atomic E-state index is -5.80. The lowest BCUT2D eigenvalue weighted by atomic mass is 10.2. The quantitative estimate of drug-likeness (QED) is 0.818. The molecule has 0 amide bonds. The summed E-state index contributed by atoms with van der Waals surface area (Å²) in [6.07, 6.45) is -4.65. The summed E-state index contributed by atoms with van der Waals surface area (Å²) in [4.78, 5) is 2.91. The van der Waals surface area contributed by atoms with Crippen molar-refractivity contribution in [3.63, 3.8) is 0 Å². The van der Waals surface area contributed by atoms with Gasteiger partial charge in [0.25, 0.3) is 0 Å². The summed E-state index contributed by atoms with van der Waals surface area (Å²) in [6, 6.07) is 0.265. The van der Waals surface area contributed by atoms with Gasteiger partial charge in [0.2, 0.25) is 0 Å². The monoisotopic (exact) mass is 309 g/mol. The van der Waals surface area contributed by atoms with E-state index in [9.17, 15) is 34.8 Å². The lowest BCUT2D eigenvalue weighted by Gasteiger charge is -2.13. The number of nitrogens with one attached hydrogen (secondary N) is 1. The number of nitrogen functional groups attached to an aromatic ring is 1. The predicted molar refractivity (Wildman–Crippen MR) is 52.2 cm³/mol. The molecule has 0 atom stereocenters. The first kappa shape index (κ1) is 15.3. The van der Waals surface area contributed by atoms with Gasteiger partial charge in [-0.3, -0.25) is 4.72 Å². The van der Waals surface area contributed by atoms with Crippen molar-refractivity contribution >= 4 is 21.5 Å². The van der Waals surface area contributed by atoms with Crippen molar-refractivity contribution in [1.29, 1.82) is 0 Å². The molecule has 1 heterocycles. The Morgan fingerprint density at radius 1 is 1.16 bits per heavy atom. The molecule has 1 aromatic heterocycles. The Balaban J connectivity index is 3.13. The van der Waals surface area contributed by atoms with E-state index < -0.39 is 38.8 Å². The molecule has 1 rings (SSSR count). The largest absolute Gasteiger partial charge is 0.516 e. The van der Waals surface area contributed by atoms with Crippen LogP contribution in [0.25, 0.3) is 0 Å². The average molecular weight is 309 g/mol. The second kappa shape index (κ2) is 4.43. The number of nitrogens with zero attached hydrogens (tertiary/aromatic N) is 1. The van der Waals surface area contributed by atoms with E-state index in [0.717, 1.165) is 4.72 Å². The first-order valence-corrected chi connectivity index (χ1v) is 5.75. The maximum atomic E-state index is 12.2. The lowest BCUT2D eigenvalue weighted by Crippen LogP contribution is -2.30. The van der Waals surface area contributed by atoms with E-state index in [1.807, 2.05) is 0 Å². The van der Waals surface area contributed by atoms with Gasteiger partial charge in [0, 0.05) is 6.20 Å². The topological polar surface area (TPSA) is 85.1 Å². The molecule has 0 radical (unpaired) electrons. The average Bonchev–Trinajstić information content (AvgIpc) is 2.17. The third kappa shape index (κ3) is 3.39. The van der Waals surface area contributed by atoms with Gasteiger partial charge in [0.15, 0.2) is 5.82 Å². The van der Waals surface area contributed by atoms with Gasteiger partial charge >= 0.3 is 21.7 Å². The molecular weight excluding hydrogens is 304 g/mol. The Morgan fingerprint density at radius 3 is 2.05 bits per heavy atom. The van der Waals surface area contributed by atoms with Crippen molar-refractivity contribution in [2.45, 2.75) is 11.7 Å². The molecule has 12 heteroatoms. The Hall–Kier alpha value is -1.72. The number of halogens is 6. The number of aromatic nitrogens is 1. The molecule has 0 aliphatic rings. The fraction of sp³-hybridized carbons (Fsp3) is 0.286. The SMILES string of the molecule is Nc1cc(C(F)(F)F)cnc1NS(=O)(=O)C(F)(F)F. The molecule has 19 heavy (non-hydrogen) atoms. The van der Waals surface area contributed by atoms with E-state index in [1.165, 1.54) is 0 Å². The van der Waals surface area contributed by atoms with Crippen LogP contribution in [0.2, 0.25) is 0 Å². The van der Waals surface area contributed by atoms with Crippen LogP contribution in [-0.2, 0) is 16.2 Å². The van der Waals surface area contributed by atoms with Crippen LogP contribution < -0.4 is 10.5 Å². The zero-order valence-corrected chi connectivity index (χ0v) is 9.49. The van der Waals surface area contributed by atoms with Crippen LogP contribution in [0.5, 0.6) is 0 Å². The first-order chi connectivity index (χ1) is 8.34. The van der Waals surface area contributed by atoms with Crippen molar-refractivity contribution in [3.8, 4) is 0 Å². The lowest BCUT2D eigenvalue weighted by molar-refractivity contribution is -0.137. The van der Waals surface area contributed by atoms with Crippen molar-refractivity contribution in [3.05, 3.63) is 17.8 Å². The van der Waals surface area contributed by atoms with Crippen LogP contribution in [0.3, 0.4) is 0 Å². The van der Waals surface area contributed by atoms with E-state index in [2.05, 4.69) is 4.98 Å². The van der Waals surface area contributed by atoms with Crippen molar-refractivity contribution in [2.75, 3.05) is 10.5 Å². The minimum Gasteiger partial charge on any atom is -0.396 e.